The number of carboxylic acids is 1. The predicted molar refractivity (Wildman–Crippen MR) is 145 cm³/mol. The van der Waals surface area contributed by atoms with E-state index in [1.54, 1.807) is 24.4 Å². The summed E-state index contributed by atoms with van der Waals surface area (Å²) in [5.74, 6) is 1.60. The first kappa shape index (κ1) is 25.0. The lowest BCUT2D eigenvalue weighted by Crippen LogP contribution is -2.40. The van der Waals surface area contributed by atoms with Gasteiger partial charge in [0.05, 0.1) is 26.0 Å². The van der Waals surface area contributed by atoms with E-state index in [-0.39, 0.29) is 0 Å². The van der Waals surface area contributed by atoms with Gasteiger partial charge in [0.25, 0.3) is 0 Å². The second-order valence-electron chi connectivity index (χ2n) is 8.59. The van der Waals surface area contributed by atoms with Crippen molar-refractivity contribution in [2.45, 2.75) is 6.92 Å². The zero-order valence-corrected chi connectivity index (χ0v) is 21.0. The van der Waals surface area contributed by atoms with Crippen LogP contribution in [-0.2, 0) is 9.53 Å². The Balaban J connectivity index is 1.50. The van der Waals surface area contributed by atoms with Gasteiger partial charge in [0.15, 0.2) is 0 Å². The van der Waals surface area contributed by atoms with Crippen LogP contribution in [0.5, 0.6) is 5.75 Å². The molecular weight excluding hydrogens is 488 g/mol. The van der Waals surface area contributed by atoms with E-state index in [1.807, 2.05) is 49.4 Å². The Morgan fingerprint density at radius 1 is 1.21 bits per heavy atom. The summed E-state index contributed by atoms with van der Waals surface area (Å²) in [5, 5.41) is 18.2. The molecule has 12 heteroatoms. The van der Waals surface area contributed by atoms with Crippen molar-refractivity contribution in [3.63, 3.8) is 0 Å². The van der Waals surface area contributed by atoms with Gasteiger partial charge in [-0.05, 0) is 36.3 Å². The van der Waals surface area contributed by atoms with Crippen molar-refractivity contribution in [2.75, 3.05) is 48.6 Å². The Morgan fingerprint density at radius 3 is 2.79 bits per heavy atom. The maximum Gasteiger partial charge on any atom is 0.328 e. The molecule has 0 saturated carbocycles. The average molecular weight is 517 g/mol. The van der Waals surface area contributed by atoms with Crippen LogP contribution in [0.2, 0.25) is 0 Å². The highest BCUT2D eigenvalue weighted by atomic mass is 16.5. The number of nitrogens with zero attached hydrogens (tertiary/aromatic N) is 5. The molecule has 0 unspecified atom stereocenters. The number of methoxy groups -OCH3 is 1. The van der Waals surface area contributed by atoms with E-state index in [9.17, 15) is 4.79 Å². The van der Waals surface area contributed by atoms with Gasteiger partial charge in [0.1, 0.15) is 17.4 Å². The summed E-state index contributed by atoms with van der Waals surface area (Å²) in [6.45, 7) is 4.47. The average Bonchev–Trinajstić information content (AvgIpc) is 3.38. The molecular formula is C26H28N8O4. The monoisotopic (exact) mass is 516 g/mol. The lowest BCUT2D eigenvalue weighted by molar-refractivity contribution is -0.131. The number of hydrazine groups is 2. The second-order valence-corrected chi connectivity index (χ2v) is 8.59. The summed E-state index contributed by atoms with van der Waals surface area (Å²) in [6.07, 6.45) is 4.47. The van der Waals surface area contributed by atoms with Crippen LogP contribution in [0.15, 0.2) is 59.8 Å². The number of hydrazone groups is 1. The molecule has 196 valence electrons. The van der Waals surface area contributed by atoms with E-state index in [1.165, 1.54) is 0 Å². The number of nitrogens with one attached hydrogen (secondary N) is 3. The first-order chi connectivity index (χ1) is 18.5. The smallest absolute Gasteiger partial charge is 0.328 e. The molecule has 38 heavy (non-hydrogen) atoms. The summed E-state index contributed by atoms with van der Waals surface area (Å²) in [6, 6.07) is 13.3. The molecule has 5 rings (SSSR count). The normalized spacial score (nSPS) is 15.4. The standard InChI is InChI=1S/C26H28N8O4/c1-17-30-31-32-34(17)21-13-20(14-22(15-21)37-2)28-26-27-16-23(25(29-26)33-8-10-38-11-9-33)19-5-3-4-18(12-19)6-7-24(35)36/h3-7,12-16,31-32H,8-11H2,1-2H3,(H,35,36)(H,27,28,29). The van der Waals surface area contributed by atoms with Crippen LogP contribution in [-0.4, -0.2) is 60.3 Å². The maximum atomic E-state index is 11.0. The van der Waals surface area contributed by atoms with Gasteiger partial charge in [0, 0.05) is 48.7 Å². The molecule has 0 radical (unpaired) electrons. The van der Waals surface area contributed by atoms with Gasteiger partial charge in [-0.15, -0.1) is 10.6 Å². The number of aliphatic carboxylic acids is 1. The van der Waals surface area contributed by atoms with Crippen molar-refractivity contribution in [1.82, 2.24) is 21.0 Å². The van der Waals surface area contributed by atoms with E-state index in [0.29, 0.717) is 38.0 Å². The molecule has 1 saturated heterocycles. The Labute approximate surface area is 219 Å². The van der Waals surface area contributed by atoms with Gasteiger partial charge in [-0.25, -0.2) is 20.3 Å². The molecule has 2 aliphatic rings. The molecule has 1 aromatic heterocycles. The Bertz CT molecular complexity index is 1390. The summed E-state index contributed by atoms with van der Waals surface area (Å²) < 4.78 is 11.1. The largest absolute Gasteiger partial charge is 0.497 e. The number of aromatic nitrogens is 2. The number of rotatable bonds is 8. The third-order valence-electron chi connectivity index (χ3n) is 6.04. The minimum atomic E-state index is -0.997. The number of anilines is 4. The summed E-state index contributed by atoms with van der Waals surface area (Å²) in [7, 11) is 1.61. The zero-order chi connectivity index (χ0) is 26.5. The van der Waals surface area contributed by atoms with Crippen LogP contribution in [0, 0.1) is 0 Å². The molecule has 0 aliphatic carbocycles. The molecule has 2 aromatic carbocycles. The van der Waals surface area contributed by atoms with Crippen molar-refractivity contribution in [2.24, 2.45) is 5.10 Å². The molecule has 1 fully saturated rings. The highest BCUT2D eigenvalue weighted by molar-refractivity contribution is 5.96. The molecule has 4 N–H and O–H groups in total. The summed E-state index contributed by atoms with van der Waals surface area (Å²) in [4.78, 5) is 22.6. The van der Waals surface area contributed by atoms with Crippen LogP contribution in [0.1, 0.15) is 12.5 Å². The van der Waals surface area contributed by atoms with Crippen LogP contribution >= 0.6 is 0 Å². The number of hydrogen-bond donors (Lipinski definition) is 4. The Hall–Kier alpha value is -4.68. The van der Waals surface area contributed by atoms with E-state index in [0.717, 1.165) is 45.8 Å². The number of hydrogen-bond acceptors (Lipinski definition) is 11. The maximum absolute atomic E-state index is 11.0. The van der Waals surface area contributed by atoms with Gasteiger partial charge in [-0.3, -0.25) is 0 Å². The number of carbonyl (C=O) groups is 1. The SMILES string of the molecule is COc1cc(Nc2ncc(-c3cccc(C=CC(=O)O)c3)c(N3CCOCC3)n2)cc(N2NNN=C2C)c1. The number of amidine groups is 1. The van der Waals surface area contributed by atoms with E-state index in [4.69, 9.17) is 19.6 Å². The molecule has 3 heterocycles. The lowest BCUT2D eigenvalue weighted by atomic mass is 10.0. The molecule has 0 amide bonds. The fourth-order valence-corrected chi connectivity index (χ4v) is 4.20. The van der Waals surface area contributed by atoms with Crippen molar-refractivity contribution >= 4 is 41.0 Å². The highest BCUT2D eigenvalue weighted by Crippen LogP contribution is 2.33. The Morgan fingerprint density at radius 2 is 2.05 bits per heavy atom. The van der Waals surface area contributed by atoms with Crippen LogP contribution < -0.4 is 31.0 Å². The fraction of sp³-hybridized carbons (Fsp3) is 0.231. The minimum Gasteiger partial charge on any atom is -0.497 e. The number of morpholine rings is 1. The van der Waals surface area contributed by atoms with E-state index in [2.05, 4.69) is 31.4 Å². The summed E-state index contributed by atoms with van der Waals surface area (Å²) in [5.41, 5.74) is 9.76. The third-order valence-corrected chi connectivity index (χ3v) is 6.04. The van der Waals surface area contributed by atoms with Gasteiger partial charge in [0.2, 0.25) is 5.95 Å². The minimum absolute atomic E-state index is 0.425. The van der Waals surface area contributed by atoms with Crippen molar-refractivity contribution in [1.29, 1.82) is 0 Å². The van der Waals surface area contributed by atoms with Gasteiger partial charge in [-0.2, -0.15) is 4.98 Å². The number of ether oxygens (including phenoxy) is 2. The molecule has 3 aromatic rings. The number of carboxylic acid groups (broad SMARTS) is 1. The van der Waals surface area contributed by atoms with Crippen LogP contribution in [0.4, 0.5) is 23.1 Å². The Kier molecular flexibility index (Phi) is 7.33. The topological polar surface area (TPSA) is 136 Å². The van der Waals surface area contributed by atoms with E-state index < -0.39 is 5.97 Å². The number of benzene rings is 2. The van der Waals surface area contributed by atoms with Gasteiger partial charge < -0.3 is 24.8 Å². The summed E-state index contributed by atoms with van der Waals surface area (Å²) >= 11 is 0. The molecule has 12 nitrogen and oxygen atoms in total. The third kappa shape index (κ3) is 5.66. The highest BCUT2D eigenvalue weighted by Gasteiger charge is 2.20. The van der Waals surface area contributed by atoms with Crippen molar-refractivity contribution in [3.8, 4) is 16.9 Å². The zero-order valence-electron chi connectivity index (χ0n) is 21.0. The second kappa shape index (κ2) is 11.2. The predicted octanol–water partition coefficient (Wildman–Crippen LogP) is 2.99. The van der Waals surface area contributed by atoms with Gasteiger partial charge >= 0.3 is 5.97 Å². The fourth-order valence-electron chi connectivity index (χ4n) is 4.20. The van der Waals surface area contributed by atoms with Crippen molar-refractivity contribution in [3.05, 3.63) is 60.3 Å². The molecule has 0 atom stereocenters. The molecule has 0 spiro atoms. The van der Waals surface area contributed by atoms with Gasteiger partial charge in [-0.1, -0.05) is 18.2 Å². The van der Waals surface area contributed by atoms with Crippen LogP contribution in [0.3, 0.4) is 0 Å². The molecule has 2 aliphatic heterocycles. The van der Waals surface area contributed by atoms with Crippen LogP contribution in [0.25, 0.3) is 17.2 Å². The van der Waals surface area contributed by atoms with Crippen molar-refractivity contribution < 1.29 is 19.4 Å². The molecule has 0 bridgehead atoms. The first-order valence-electron chi connectivity index (χ1n) is 12.0. The quantitative estimate of drug-likeness (QED) is 0.329. The van der Waals surface area contributed by atoms with E-state index >= 15 is 0 Å². The lowest BCUT2D eigenvalue weighted by Gasteiger charge is -2.29. The first-order valence-corrected chi connectivity index (χ1v) is 12.0.